The van der Waals surface area contributed by atoms with E-state index in [1.165, 1.54) is 4.90 Å². The fourth-order valence-electron chi connectivity index (χ4n) is 3.87. The van der Waals surface area contributed by atoms with Crippen molar-refractivity contribution >= 4 is 11.9 Å². The van der Waals surface area contributed by atoms with E-state index < -0.39 is 18.1 Å². The molecular weight excluding hydrogens is 244 g/mol. The lowest BCUT2D eigenvalue weighted by molar-refractivity contribution is -0.151. The molecule has 19 heavy (non-hydrogen) atoms. The molecule has 0 aromatic heterocycles. The Bertz CT molecular complexity index is 450. The molecule has 0 aromatic carbocycles. The molecule has 1 spiro atoms. The number of nitrogens with two attached hydrogens (primary N) is 1. The third-order valence-electron chi connectivity index (χ3n) is 5.36. The van der Waals surface area contributed by atoms with Gasteiger partial charge in [0.2, 0.25) is 5.91 Å². The maximum atomic E-state index is 12.4. The van der Waals surface area contributed by atoms with Crippen molar-refractivity contribution in [3.05, 3.63) is 0 Å². The first-order chi connectivity index (χ1) is 8.70. The molecule has 1 unspecified atom stereocenters. The Morgan fingerprint density at radius 1 is 1.37 bits per heavy atom. The first-order valence-electron chi connectivity index (χ1n) is 6.99. The zero-order chi connectivity index (χ0) is 14.2. The summed E-state index contributed by atoms with van der Waals surface area (Å²) in [7, 11) is 0. The average molecular weight is 266 g/mol. The van der Waals surface area contributed by atoms with Gasteiger partial charge in [0.1, 0.15) is 6.04 Å². The Morgan fingerprint density at radius 2 is 1.95 bits per heavy atom. The van der Waals surface area contributed by atoms with Crippen molar-refractivity contribution < 1.29 is 14.7 Å². The molecule has 1 amide bonds. The largest absolute Gasteiger partial charge is 0.480 e. The number of fused-ring (bicyclic) bond motifs is 3. The van der Waals surface area contributed by atoms with Crippen LogP contribution in [0.25, 0.3) is 0 Å². The van der Waals surface area contributed by atoms with E-state index in [2.05, 4.69) is 0 Å². The molecule has 1 saturated heterocycles. The Labute approximate surface area is 113 Å². The molecule has 0 aromatic rings. The van der Waals surface area contributed by atoms with Crippen molar-refractivity contribution in [2.45, 2.75) is 45.7 Å². The molecular formula is C14H22N2O3. The smallest absolute Gasteiger partial charge is 0.326 e. The summed E-state index contributed by atoms with van der Waals surface area (Å²) in [5.41, 5.74) is 5.94. The molecule has 2 saturated carbocycles. The molecule has 1 aliphatic heterocycles. The monoisotopic (exact) mass is 266 g/mol. The third kappa shape index (κ3) is 1.64. The van der Waals surface area contributed by atoms with Gasteiger partial charge in [-0.25, -0.2) is 4.79 Å². The number of piperidine rings is 1. The third-order valence-corrected chi connectivity index (χ3v) is 5.36. The average Bonchev–Trinajstić information content (AvgIpc) is 3.15. The SMILES string of the molecule is CC(C)(C)C(N)C(=O)N1C[C@H]2[C@@H]([C@H]1C(=O)O)C21CC1. The van der Waals surface area contributed by atoms with Crippen LogP contribution < -0.4 is 5.73 Å². The van der Waals surface area contributed by atoms with Gasteiger partial charge < -0.3 is 15.7 Å². The summed E-state index contributed by atoms with van der Waals surface area (Å²) in [5, 5.41) is 9.44. The topological polar surface area (TPSA) is 83.6 Å². The molecule has 3 aliphatic rings. The van der Waals surface area contributed by atoms with Gasteiger partial charge in [-0.1, -0.05) is 20.8 Å². The van der Waals surface area contributed by atoms with Crippen molar-refractivity contribution in [1.29, 1.82) is 0 Å². The van der Waals surface area contributed by atoms with Crippen molar-refractivity contribution in [2.75, 3.05) is 6.54 Å². The quantitative estimate of drug-likeness (QED) is 0.770. The van der Waals surface area contributed by atoms with Crippen molar-refractivity contribution in [2.24, 2.45) is 28.4 Å². The summed E-state index contributed by atoms with van der Waals surface area (Å²) in [6, 6.07) is -1.28. The van der Waals surface area contributed by atoms with Crippen LogP contribution in [0.1, 0.15) is 33.6 Å². The summed E-state index contributed by atoms with van der Waals surface area (Å²) < 4.78 is 0. The van der Waals surface area contributed by atoms with Gasteiger partial charge in [-0.15, -0.1) is 0 Å². The van der Waals surface area contributed by atoms with Gasteiger partial charge in [-0.2, -0.15) is 0 Å². The standard InChI is InChI=1S/C14H22N2O3/c1-13(2,3)10(15)11(17)16-6-7-8(9(16)12(18)19)14(7)4-5-14/h7-10H,4-6,15H2,1-3H3,(H,18,19)/t7-,8-,9-,10?/m0/s1. The summed E-state index contributed by atoms with van der Waals surface area (Å²) in [5.74, 6) is -0.487. The van der Waals surface area contributed by atoms with E-state index in [4.69, 9.17) is 5.73 Å². The van der Waals surface area contributed by atoms with Gasteiger partial charge in [0.15, 0.2) is 0 Å². The second kappa shape index (κ2) is 3.51. The normalized spacial score (nSPS) is 36.0. The second-order valence-electron chi connectivity index (χ2n) is 7.48. The van der Waals surface area contributed by atoms with Gasteiger partial charge in [0.05, 0.1) is 6.04 Å². The minimum atomic E-state index is -0.870. The number of hydrogen-bond donors (Lipinski definition) is 2. The highest BCUT2D eigenvalue weighted by Crippen LogP contribution is 2.78. The van der Waals surface area contributed by atoms with Gasteiger partial charge in [0.25, 0.3) is 0 Å². The predicted octanol–water partition coefficient (Wildman–Crippen LogP) is 0.681. The maximum Gasteiger partial charge on any atom is 0.326 e. The molecule has 3 rings (SSSR count). The highest BCUT2D eigenvalue weighted by Gasteiger charge is 2.79. The van der Waals surface area contributed by atoms with Gasteiger partial charge >= 0.3 is 5.97 Å². The number of carbonyl (C=O) groups is 2. The number of amides is 1. The number of rotatable bonds is 2. The Kier molecular flexibility index (Phi) is 2.38. The first kappa shape index (κ1) is 12.9. The molecule has 1 heterocycles. The van der Waals surface area contributed by atoms with E-state index in [1.807, 2.05) is 20.8 Å². The lowest BCUT2D eigenvalue weighted by Crippen LogP contribution is -2.55. The molecule has 3 fully saturated rings. The van der Waals surface area contributed by atoms with Crippen LogP contribution in [0.4, 0.5) is 0 Å². The fraction of sp³-hybridized carbons (Fsp3) is 0.857. The fourth-order valence-corrected chi connectivity index (χ4v) is 3.87. The number of nitrogens with zero attached hydrogens (tertiary/aromatic N) is 1. The highest BCUT2D eigenvalue weighted by atomic mass is 16.4. The van der Waals surface area contributed by atoms with Crippen molar-refractivity contribution in [3.8, 4) is 0 Å². The number of carboxylic acids is 1. The van der Waals surface area contributed by atoms with Crippen LogP contribution >= 0.6 is 0 Å². The summed E-state index contributed by atoms with van der Waals surface area (Å²) in [6.07, 6.45) is 2.28. The van der Waals surface area contributed by atoms with E-state index in [-0.39, 0.29) is 22.7 Å². The lowest BCUT2D eigenvalue weighted by atomic mass is 9.86. The van der Waals surface area contributed by atoms with Crippen LogP contribution in [0.2, 0.25) is 0 Å². The molecule has 3 N–H and O–H groups in total. The predicted molar refractivity (Wildman–Crippen MR) is 69.2 cm³/mol. The van der Waals surface area contributed by atoms with Crippen LogP contribution in [-0.4, -0.2) is 40.5 Å². The summed E-state index contributed by atoms with van der Waals surface area (Å²) in [4.78, 5) is 25.5. The lowest BCUT2D eigenvalue weighted by Gasteiger charge is -2.33. The molecule has 5 heteroatoms. The number of likely N-dealkylation sites (tertiary alicyclic amines) is 1. The Morgan fingerprint density at radius 3 is 2.37 bits per heavy atom. The van der Waals surface area contributed by atoms with Crippen LogP contribution in [0, 0.1) is 22.7 Å². The van der Waals surface area contributed by atoms with Crippen molar-refractivity contribution in [3.63, 3.8) is 0 Å². The van der Waals surface area contributed by atoms with Crippen LogP contribution in [-0.2, 0) is 9.59 Å². The Balaban J connectivity index is 1.79. The van der Waals surface area contributed by atoms with Crippen LogP contribution in [0.5, 0.6) is 0 Å². The van der Waals surface area contributed by atoms with Gasteiger partial charge in [-0.3, -0.25) is 4.79 Å². The van der Waals surface area contributed by atoms with E-state index in [0.717, 1.165) is 12.8 Å². The van der Waals surface area contributed by atoms with E-state index >= 15 is 0 Å². The van der Waals surface area contributed by atoms with E-state index in [1.54, 1.807) is 0 Å². The van der Waals surface area contributed by atoms with Crippen molar-refractivity contribution in [1.82, 2.24) is 4.90 Å². The van der Waals surface area contributed by atoms with Crippen LogP contribution in [0.15, 0.2) is 0 Å². The zero-order valence-electron chi connectivity index (χ0n) is 11.7. The van der Waals surface area contributed by atoms with Crippen LogP contribution in [0.3, 0.4) is 0 Å². The minimum absolute atomic E-state index is 0.182. The number of carbonyl (C=O) groups excluding carboxylic acids is 1. The first-order valence-corrected chi connectivity index (χ1v) is 6.99. The zero-order valence-corrected chi connectivity index (χ0v) is 11.7. The Hall–Kier alpha value is -1.10. The molecule has 5 nitrogen and oxygen atoms in total. The molecule has 0 radical (unpaired) electrons. The minimum Gasteiger partial charge on any atom is -0.480 e. The van der Waals surface area contributed by atoms with Gasteiger partial charge in [0, 0.05) is 12.5 Å². The van der Waals surface area contributed by atoms with Gasteiger partial charge in [-0.05, 0) is 29.6 Å². The molecule has 2 aliphatic carbocycles. The molecule has 106 valence electrons. The van der Waals surface area contributed by atoms with E-state index in [9.17, 15) is 14.7 Å². The highest BCUT2D eigenvalue weighted by molar-refractivity contribution is 5.89. The molecule has 0 bridgehead atoms. The summed E-state index contributed by atoms with van der Waals surface area (Å²) >= 11 is 0. The molecule has 4 atom stereocenters. The van der Waals surface area contributed by atoms with E-state index in [0.29, 0.717) is 12.5 Å². The number of carboxylic acid groups (broad SMARTS) is 1. The number of hydrogen-bond acceptors (Lipinski definition) is 3. The number of aliphatic carboxylic acids is 1. The maximum absolute atomic E-state index is 12.4. The second-order valence-corrected chi connectivity index (χ2v) is 7.48. The summed E-state index contributed by atoms with van der Waals surface area (Å²) in [6.45, 7) is 6.31.